The van der Waals surface area contributed by atoms with Crippen LogP contribution in [0.2, 0.25) is 0 Å². The molecular formula is C13H18BrFN2O2S2. The summed E-state index contributed by atoms with van der Waals surface area (Å²) in [5.74, 6) is 1.06. The van der Waals surface area contributed by atoms with Crippen molar-refractivity contribution >= 4 is 37.5 Å². The first-order valence-electron chi connectivity index (χ1n) is 6.52. The van der Waals surface area contributed by atoms with Gasteiger partial charge in [0.1, 0.15) is 11.2 Å². The third-order valence-corrected chi connectivity index (χ3v) is 6.91. The van der Waals surface area contributed by atoms with Crippen molar-refractivity contribution in [1.82, 2.24) is 4.90 Å². The Kier molecular flexibility index (Phi) is 5.70. The van der Waals surface area contributed by atoms with E-state index in [0.717, 1.165) is 11.3 Å². The van der Waals surface area contributed by atoms with E-state index in [4.69, 9.17) is 5.73 Å². The molecule has 1 aliphatic heterocycles. The van der Waals surface area contributed by atoms with Gasteiger partial charge in [-0.2, -0.15) is 11.8 Å². The lowest BCUT2D eigenvalue weighted by atomic mass is 10.1. The standard InChI is InChI=1S/C13H18BrFN2O2S2/c1-21(18,19)13-8-20-5-4-17(13)12(7-16)10-3-2-9(15)6-11(10)14/h2-3,6,12-13H,4-5,7-8,16H2,1H3. The molecule has 1 heterocycles. The molecule has 0 amide bonds. The first kappa shape index (κ1) is 17.2. The van der Waals surface area contributed by atoms with Crippen molar-refractivity contribution in [1.29, 1.82) is 0 Å². The fourth-order valence-electron chi connectivity index (χ4n) is 2.53. The molecule has 8 heteroatoms. The third kappa shape index (κ3) is 3.98. The molecule has 21 heavy (non-hydrogen) atoms. The summed E-state index contributed by atoms with van der Waals surface area (Å²) in [6.45, 7) is 0.926. The van der Waals surface area contributed by atoms with Crippen molar-refractivity contribution in [2.24, 2.45) is 5.73 Å². The number of benzene rings is 1. The van der Waals surface area contributed by atoms with Gasteiger partial charge in [0.2, 0.25) is 0 Å². The second-order valence-electron chi connectivity index (χ2n) is 5.01. The number of hydrogen-bond acceptors (Lipinski definition) is 5. The average Bonchev–Trinajstić information content (AvgIpc) is 2.41. The molecule has 1 fully saturated rings. The summed E-state index contributed by atoms with van der Waals surface area (Å²) < 4.78 is 37.9. The van der Waals surface area contributed by atoms with E-state index < -0.39 is 15.2 Å². The molecule has 0 radical (unpaired) electrons. The molecule has 1 aromatic carbocycles. The van der Waals surface area contributed by atoms with E-state index in [0.29, 0.717) is 16.8 Å². The van der Waals surface area contributed by atoms with Crippen molar-refractivity contribution in [3.63, 3.8) is 0 Å². The maximum absolute atomic E-state index is 13.2. The molecule has 2 atom stereocenters. The largest absolute Gasteiger partial charge is 0.329 e. The molecule has 1 aromatic rings. The van der Waals surface area contributed by atoms with Gasteiger partial charge in [0, 0.05) is 41.4 Å². The molecule has 0 spiro atoms. The van der Waals surface area contributed by atoms with E-state index in [1.54, 1.807) is 17.8 Å². The van der Waals surface area contributed by atoms with E-state index in [9.17, 15) is 12.8 Å². The number of rotatable bonds is 4. The average molecular weight is 397 g/mol. The highest BCUT2D eigenvalue weighted by molar-refractivity contribution is 9.10. The number of nitrogens with zero attached hydrogens (tertiary/aromatic N) is 1. The highest BCUT2D eigenvalue weighted by Crippen LogP contribution is 2.33. The summed E-state index contributed by atoms with van der Waals surface area (Å²) in [6.07, 6.45) is 1.25. The highest BCUT2D eigenvalue weighted by Gasteiger charge is 2.36. The van der Waals surface area contributed by atoms with Gasteiger partial charge in [-0.15, -0.1) is 0 Å². The molecule has 4 nitrogen and oxygen atoms in total. The van der Waals surface area contributed by atoms with Crippen LogP contribution in [0.1, 0.15) is 11.6 Å². The van der Waals surface area contributed by atoms with Gasteiger partial charge >= 0.3 is 0 Å². The number of sulfone groups is 1. The minimum atomic E-state index is -3.20. The Labute approximate surface area is 137 Å². The lowest BCUT2D eigenvalue weighted by molar-refractivity contribution is 0.197. The van der Waals surface area contributed by atoms with Crippen LogP contribution in [-0.4, -0.2) is 49.5 Å². The minimum Gasteiger partial charge on any atom is -0.329 e. The SMILES string of the molecule is CS(=O)(=O)C1CSCCN1C(CN)c1ccc(F)cc1Br. The van der Waals surface area contributed by atoms with Gasteiger partial charge in [0.25, 0.3) is 0 Å². The van der Waals surface area contributed by atoms with Crippen LogP contribution in [-0.2, 0) is 9.84 Å². The minimum absolute atomic E-state index is 0.249. The smallest absolute Gasteiger partial charge is 0.164 e. The maximum Gasteiger partial charge on any atom is 0.164 e. The van der Waals surface area contributed by atoms with Gasteiger partial charge < -0.3 is 5.73 Å². The summed E-state index contributed by atoms with van der Waals surface area (Å²) in [4.78, 5) is 1.92. The Morgan fingerprint density at radius 1 is 1.57 bits per heavy atom. The molecule has 0 saturated carbocycles. The van der Waals surface area contributed by atoms with E-state index in [-0.39, 0.29) is 18.4 Å². The molecule has 0 aromatic heterocycles. The summed E-state index contributed by atoms with van der Waals surface area (Å²) in [5.41, 5.74) is 6.71. The lowest BCUT2D eigenvalue weighted by Gasteiger charge is -2.39. The fourth-order valence-corrected chi connectivity index (χ4v) is 6.07. The van der Waals surface area contributed by atoms with Crippen molar-refractivity contribution in [3.8, 4) is 0 Å². The van der Waals surface area contributed by atoms with Crippen LogP contribution in [0.5, 0.6) is 0 Å². The Balaban J connectivity index is 2.38. The summed E-state index contributed by atoms with van der Waals surface area (Å²) in [5, 5.41) is -0.554. The first-order chi connectivity index (χ1) is 9.84. The Hall–Kier alpha value is -0.150. The van der Waals surface area contributed by atoms with Gasteiger partial charge in [-0.3, -0.25) is 4.90 Å². The summed E-state index contributed by atoms with van der Waals surface area (Å²) >= 11 is 4.98. The molecule has 2 rings (SSSR count). The van der Waals surface area contributed by atoms with Gasteiger partial charge in [-0.1, -0.05) is 22.0 Å². The molecule has 0 aliphatic carbocycles. The number of nitrogens with two attached hydrogens (primary N) is 1. The van der Waals surface area contributed by atoms with Crippen LogP contribution in [0, 0.1) is 5.82 Å². The van der Waals surface area contributed by atoms with Crippen LogP contribution < -0.4 is 5.73 Å². The van der Waals surface area contributed by atoms with Crippen LogP contribution in [0.25, 0.3) is 0 Å². The molecule has 0 bridgehead atoms. The van der Waals surface area contributed by atoms with Crippen LogP contribution in [0.15, 0.2) is 22.7 Å². The van der Waals surface area contributed by atoms with Crippen molar-refractivity contribution in [2.45, 2.75) is 11.4 Å². The summed E-state index contributed by atoms with van der Waals surface area (Å²) in [7, 11) is -3.20. The molecule has 1 aliphatic rings. The monoisotopic (exact) mass is 396 g/mol. The summed E-state index contributed by atoms with van der Waals surface area (Å²) in [6, 6.07) is 4.17. The first-order valence-corrected chi connectivity index (χ1v) is 10.4. The van der Waals surface area contributed by atoms with Gasteiger partial charge in [-0.05, 0) is 17.7 Å². The number of hydrogen-bond donors (Lipinski definition) is 1. The zero-order chi connectivity index (χ0) is 15.6. The number of thioether (sulfide) groups is 1. The quantitative estimate of drug-likeness (QED) is 0.842. The van der Waals surface area contributed by atoms with Crippen molar-refractivity contribution < 1.29 is 12.8 Å². The van der Waals surface area contributed by atoms with E-state index in [2.05, 4.69) is 15.9 Å². The molecule has 118 valence electrons. The van der Waals surface area contributed by atoms with Crippen LogP contribution in [0.3, 0.4) is 0 Å². The molecule has 2 unspecified atom stereocenters. The Bertz CT molecular complexity index is 612. The van der Waals surface area contributed by atoms with Gasteiger partial charge in [0.05, 0.1) is 0 Å². The second kappa shape index (κ2) is 6.95. The van der Waals surface area contributed by atoms with E-state index in [1.165, 1.54) is 18.4 Å². The highest BCUT2D eigenvalue weighted by atomic mass is 79.9. The second-order valence-corrected chi connectivity index (χ2v) is 9.22. The third-order valence-electron chi connectivity index (χ3n) is 3.56. The van der Waals surface area contributed by atoms with Crippen molar-refractivity contribution in [2.75, 3.05) is 30.9 Å². The normalized spacial score (nSPS) is 22.2. The predicted molar refractivity (Wildman–Crippen MR) is 88.6 cm³/mol. The molecular weight excluding hydrogens is 379 g/mol. The van der Waals surface area contributed by atoms with Gasteiger partial charge in [-0.25, -0.2) is 12.8 Å². The zero-order valence-corrected chi connectivity index (χ0v) is 14.8. The fraction of sp³-hybridized carbons (Fsp3) is 0.538. The Morgan fingerprint density at radius 3 is 2.86 bits per heavy atom. The van der Waals surface area contributed by atoms with Crippen LogP contribution >= 0.6 is 27.7 Å². The van der Waals surface area contributed by atoms with Crippen LogP contribution in [0.4, 0.5) is 4.39 Å². The maximum atomic E-state index is 13.2. The zero-order valence-electron chi connectivity index (χ0n) is 11.6. The topological polar surface area (TPSA) is 63.4 Å². The Morgan fingerprint density at radius 2 is 2.29 bits per heavy atom. The van der Waals surface area contributed by atoms with Gasteiger partial charge in [0.15, 0.2) is 9.84 Å². The molecule has 1 saturated heterocycles. The van der Waals surface area contributed by atoms with Crippen molar-refractivity contribution in [3.05, 3.63) is 34.1 Å². The molecule has 2 N–H and O–H groups in total. The number of halogens is 2. The lowest BCUT2D eigenvalue weighted by Crippen LogP contribution is -2.50. The van der Waals surface area contributed by atoms with E-state index in [1.807, 2.05) is 4.90 Å². The predicted octanol–water partition coefficient (Wildman–Crippen LogP) is 2.01. The van der Waals surface area contributed by atoms with E-state index >= 15 is 0 Å².